The zero-order valence-electron chi connectivity index (χ0n) is 25.1. The summed E-state index contributed by atoms with van der Waals surface area (Å²) in [6.07, 6.45) is 3.92. The summed E-state index contributed by atoms with van der Waals surface area (Å²) in [4.78, 5) is 10.0. The maximum Gasteiger partial charge on any atom is 0.161 e. The fraction of sp³-hybridized carbons (Fsp3) is 0.441. The SMILES string of the molecule is COc1ccc(C2(c3cc(-c4ccc(N5CCN(C(C)C)CC5)cc4)cc4c3ncn4C)CCNCC2)cc1OC. The fourth-order valence-electron chi connectivity index (χ4n) is 6.82. The molecule has 1 N–H and O–H groups in total. The zero-order chi connectivity index (χ0) is 28.6. The lowest BCUT2D eigenvalue weighted by Crippen LogP contribution is -2.48. The second-order valence-electron chi connectivity index (χ2n) is 11.8. The van der Waals surface area contributed by atoms with Crippen LogP contribution in [0.5, 0.6) is 11.5 Å². The highest BCUT2D eigenvalue weighted by molar-refractivity contribution is 5.87. The third-order valence-corrected chi connectivity index (χ3v) is 9.35. The van der Waals surface area contributed by atoms with Crippen LogP contribution >= 0.6 is 0 Å². The molecule has 216 valence electrons. The van der Waals surface area contributed by atoms with Crippen LogP contribution in [-0.4, -0.2) is 74.0 Å². The Hall–Kier alpha value is -3.55. The first-order valence-corrected chi connectivity index (χ1v) is 14.9. The topological polar surface area (TPSA) is 54.8 Å². The van der Waals surface area contributed by atoms with Crippen LogP contribution in [0.3, 0.4) is 0 Å². The second-order valence-corrected chi connectivity index (χ2v) is 11.8. The number of fused-ring (bicyclic) bond motifs is 1. The molecule has 7 nitrogen and oxygen atoms in total. The summed E-state index contributed by atoms with van der Waals surface area (Å²) in [6.45, 7) is 10.9. The number of aromatic nitrogens is 2. The molecule has 2 fully saturated rings. The van der Waals surface area contributed by atoms with E-state index in [1.807, 2.05) is 12.4 Å². The Morgan fingerprint density at radius 3 is 2.20 bits per heavy atom. The molecule has 2 aliphatic heterocycles. The maximum atomic E-state index is 5.74. The number of anilines is 1. The van der Waals surface area contributed by atoms with Crippen molar-refractivity contribution in [2.75, 3.05) is 58.4 Å². The van der Waals surface area contributed by atoms with Gasteiger partial charge in [0.15, 0.2) is 11.5 Å². The number of aryl methyl sites for hydroxylation is 1. The van der Waals surface area contributed by atoms with Gasteiger partial charge >= 0.3 is 0 Å². The quantitative estimate of drug-likeness (QED) is 0.328. The zero-order valence-corrected chi connectivity index (χ0v) is 25.1. The molecular formula is C34H43N5O2. The van der Waals surface area contributed by atoms with Gasteiger partial charge < -0.3 is 24.3 Å². The average molecular weight is 554 g/mol. The molecule has 4 aromatic rings. The Morgan fingerprint density at radius 1 is 0.829 bits per heavy atom. The van der Waals surface area contributed by atoms with Crippen LogP contribution in [0.25, 0.3) is 22.2 Å². The lowest BCUT2D eigenvalue weighted by Gasteiger charge is -2.39. The second kappa shape index (κ2) is 11.4. The Kier molecular flexibility index (Phi) is 7.66. The van der Waals surface area contributed by atoms with Gasteiger partial charge in [0, 0.05) is 50.4 Å². The Labute approximate surface area is 244 Å². The van der Waals surface area contributed by atoms with Gasteiger partial charge in [0.2, 0.25) is 0 Å². The number of piperidine rings is 1. The minimum Gasteiger partial charge on any atom is -0.493 e. The van der Waals surface area contributed by atoms with Crippen molar-refractivity contribution in [3.8, 4) is 22.6 Å². The number of piperazine rings is 1. The van der Waals surface area contributed by atoms with Crippen LogP contribution in [-0.2, 0) is 12.5 Å². The molecule has 0 amide bonds. The normalized spacial score (nSPS) is 17.8. The van der Waals surface area contributed by atoms with Crippen molar-refractivity contribution in [2.24, 2.45) is 7.05 Å². The molecule has 41 heavy (non-hydrogen) atoms. The monoisotopic (exact) mass is 553 g/mol. The molecule has 3 aromatic carbocycles. The first-order valence-electron chi connectivity index (χ1n) is 14.9. The molecule has 0 unspecified atom stereocenters. The van der Waals surface area contributed by atoms with Crippen molar-refractivity contribution in [1.29, 1.82) is 0 Å². The van der Waals surface area contributed by atoms with E-state index in [0.717, 1.165) is 74.6 Å². The van der Waals surface area contributed by atoms with E-state index in [-0.39, 0.29) is 5.41 Å². The van der Waals surface area contributed by atoms with E-state index in [9.17, 15) is 0 Å². The Bertz CT molecular complexity index is 1500. The minimum atomic E-state index is -0.191. The van der Waals surface area contributed by atoms with E-state index in [1.165, 1.54) is 27.9 Å². The molecule has 1 aromatic heterocycles. The molecule has 0 bridgehead atoms. The Balaban J connectivity index is 1.41. The first-order chi connectivity index (χ1) is 19.9. The smallest absolute Gasteiger partial charge is 0.161 e. The summed E-state index contributed by atoms with van der Waals surface area (Å²) < 4.78 is 13.5. The van der Waals surface area contributed by atoms with Gasteiger partial charge in [-0.15, -0.1) is 0 Å². The number of rotatable bonds is 7. The van der Waals surface area contributed by atoms with Crippen molar-refractivity contribution in [3.63, 3.8) is 0 Å². The van der Waals surface area contributed by atoms with Crippen LogP contribution in [0.1, 0.15) is 37.8 Å². The van der Waals surface area contributed by atoms with Crippen molar-refractivity contribution in [2.45, 2.75) is 38.1 Å². The molecule has 0 saturated carbocycles. The third kappa shape index (κ3) is 5.06. The van der Waals surface area contributed by atoms with Gasteiger partial charge in [0.05, 0.1) is 31.6 Å². The summed E-state index contributed by atoms with van der Waals surface area (Å²) in [5.41, 5.74) is 8.34. The van der Waals surface area contributed by atoms with Crippen molar-refractivity contribution in [1.82, 2.24) is 19.8 Å². The summed E-state index contributed by atoms with van der Waals surface area (Å²) in [7, 11) is 5.49. The summed E-state index contributed by atoms with van der Waals surface area (Å²) >= 11 is 0. The van der Waals surface area contributed by atoms with E-state index >= 15 is 0 Å². The van der Waals surface area contributed by atoms with Crippen molar-refractivity contribution in [3.05, 3.63) is 72.1 Å². The predicted octanol–water partition coefficient (Wildman–Crippen LogP) is 5.46. The van der Waals surface area contributed by atoms with E-state index in [1.54, 1.807) is 14.2 Å². The van der Waals surface area contributed by atoms with Gasteiger partial charge in [-0.1, -0.05) is 18.2 Å². The number of methoxy groups -OCH3 is 2. The number of nitrogens with zero attached hydrogens (tertiary/aromatic N) is 4. The molecule has 0 atom stereocenters. The number of hydrogen-bond donors (Lipinski definition) is 1. The number of hydrogen-bond acceptors (Lipinski definition) is 6. The fourth-order valence-corrected chi connectivity index (χ4v) is 6.82. The van der Waals surface area contributed by atoms with Gasteiger partial charge in [-0.2, -0.15) is 0 Å². The van der Waals surface area contributed by atoms with Gasteiger partial charge in [0.1, 0.15) is 0 Å². The summed E-state index contributed by atoms with van der Waals surface area (Å²) in [5.74, 6) is 1.52. The summed E-state index contributed by atoms with van der Waals surface area (Å²) in [5, 5.41) is 3.59. The van der Waals surface area contributed by atoms with Crippen LogP contribution in [0.4, 0.5) is 5.69 Å². The van der Waals surface area contributed by atoms with Crippen LogP contribution in [0.2, 0.25) is 0 Å². The number of benzene rings is 3. The average Bonchev–Trinajstić information content (AvgIpc) is 3.40. The lowest BCUT2D eigenvalue weighted by atomic mass is 9.67. The van der Waals surface area contributed by atoms with Gasteiger partial charge in [-0.3, -0.25) is 4.90 Å². The van der Waals surface area contributed by atoms with E-state index < -0.39 is 0 Å². The molecule has 7 heteroatoms. The van der Waals surface area contributed by atoms with Crippen LogP contribution in [0.15, 0.2) is 60.9 Å². The standard InChI is InChI=1S/C34H43N5O2/c1-24(2)38-16-18-39(19-17-38)28-9-6-25(7-10-28)26-20-29(33-30(21-26)37(3)23-36-33)34(12-14-35-15-13-34)27-8-11-31(40-4)32(22-27)41-5/h6-11,20-24,35H,12-19H2,1-5H3. The number of nitrogens with one attached hydrogen (secondary N) is 1. The highest BCUT2D eigenvalue weighted by Gasteiger charge is 2.39. The first kappa shape index (κ1) is 27.6. The Morgan fingerprint density at radius 2 is 1.54 bits per heavy atom. The van der Waals surface area contributed by atoms with Crippen molar-refractivity contribution < 1.29 is 9.47 Å². The van der Waals surface area contributed by atoms with Gasteiger partial charge in [0.25, 0.3) is 0 Å². The van der Waals surface area contributed by atoms with E-state index in [0.29, 0.717) is 6.04 Å². The molecule has 0 radical (unpaired) electrons. The van der Waals surface area contributed by atoms with E-state index in [4.69, 9.17) is 14.5 Å². The summed E-state index contributed by atoms with van der Waals surface area (Å²) in [6, 6.07) is 20.9. The molecular weight excluding hydrogens is 510 g/mol. The van der Waals surface area contributed by atoms with Gasteiger partial charge in [-0.05, 0) is 98.4 Å². The van der Waals surface area contributed by atoms with Crippen LogP contribution < -0.4 is 19.7 Å². The minimum absolute atomic E-state index is 0.191. The molecule has 2 saturated heterocycles. The maximum absolute atomic E-state index is 5.74. The molecule has 3 heterocycles. The highest BCUT2D eigenvalue weighted by Crippen LogP contribution is 2.46. The van der Waals surface area contributed by atoms with E-state index in [2.05, 4.69) is 89.1 Å². The highest BCUT2D eigenvalue weighted by atomic mass is 16.5. The number of ether oxygens (including phenoxy) is 2. The van der Waals surface area contributed by atoms with Gasteiger partial charge in [-0.25, -0.2) is 4.98 Å². The molecule has 0 spiro atoms. The molecule has 6 rings (SSSR count). The van der Waals surface area contributed by atoms with Crippen molar-refractivity contribution >= 4 is 16.7 Å². The molecule has 2 aliphatic rings. The lowest BCUT2D eigenvalue weighted by molar-refractivity contribution is 0.209. The number of imidazole rings is 1. The molecule has 0 aliphatic carbocycles. The van der Waals surface area contributed by atoms with Crippen LogP contribution in [0, 0.1) is 0 Å². The third-order valence-electron chi connectivity index (χ3n) is 9.35. The predicted molar refractivity (Wildman–Crippen MR) is 168 cm³/mol. The largest absolute Gasteiger partial charge is 0.493 e.